The molecular formula is C25H20FNO4. The number of hydrogen-bond acceptors (Lipinski definition) is 5. The van der Waals surface area contributed by atoms with Crippen molar-refractivity contribution in [2.45, 2.75) is 6.42 Å². The second-order valence-corrected chi connectivity index (χ2v) is 6.45. The molecule has 0 aliphatic rings. The van der Waals surface area contributed by atoms with Gasteiger partial charge in [-0.1, -0.05) is 42.5 Å². The molecule has 3 aromatic carbocycles. The summed E-state index contributed by atoms with van der Waals surface area (Å²) in [4.78, 5) is 12.1. The zero-order valence-corrected chi connectivity index (χ0v) is 16.9. The van der Waals surface area contributed by atoms with Crippen molar-refractivity contribution in [3.8, 4) is 23.3 Å². The van der Waals surface area contributed by atoms with E-state index < -0.39 is 11.8 Å². The number of halogens is 1. The minimum absolute atomic E-state index is 0.0611. The van der Waals surface area contributed by atoms with Crippen molar-refractivity contribution in [1.82, 2.24) is 0 Å². The number of methoxy groups -OCH3 is 1. The van der Waals surface area contributed by atoms with E-state index in [-0.39, 0.29) is 29.9 Å². The normalized spacial score (nSPS) is 10.8. The fourth-order valence-electron chi connectivity index (χ4n) is 2.82. The van der Waals surface area contributed by atoms with Crippen LogP contribution < -0.4 is 14.2 Å². The van der Waals surface area contributed by atoms with Gasteiger partial charge in [-0.3, -0.25) is 4.79 Å². The Bertz CT molecular complexity index is 1120. The summed E-state index contributed by atoms with van der Waals surface area (Å²) >= 11 is 0. The van der Waals surface area contributed by atoms with Crippen LogP contribution in [0, 0.1) is 17.1 Å². The van der Waals surface area contributed by atoms with Crippen molar-refractivity contribution in [2.75, 3.05) is 13.7 Å². The molecule has 0 aliphatic heterocycles. The molecule has 3 rings (SSSR count). The molecule has 0 aromatic heterocycles. The van der Waals surface area contributed by atoms with Crippen LogP contribution in [0.5, 0.6) is 17.2 Å². The summed E-state index contributed by atoms with van der Waals surface area (Å²) in [6.07, 6.45) is 1.60. The van der Waals surface area contributed by atoms with Gasteiger partial charge in [0.2, 0.25) is 0 Å². The second kappa shape index (κ2) is 10.6. The highest BCUT2D eigenvalue weighted by Gasteiger charge is 2.12. The Morgan fingerprint density at radius 1 is 1.03 bits per heavy atom. The van der Waals surface area contributed by atoms with Crippen LogP contribution in [-0.2, 0) is 4.79 Å². The van der Waals surface area contributed by atoms with Gasteiger partial charge in [0.25, 0.3) is 0 Å². The molecule has 0 amide bonds. The predicted octanol–water partition coefficient (Wildman–Crippen LogP) is 5.27. The van der Waals surface area contributed by atoms with Gasteiger partial charge in [0.1, 0.15) is 11.6 Å². The van der Waals surface area contributed by atoms with Gasteiger partial charge in [-0.15, -0.1) is 0 Å². The number of esters is 1. The number of carbonyl (C=O) groups excluding carboxylic acids is 1. The van der Waals surface area contributed by atoms with Gasteiger partial charge in [0.15, 0.2) is 11.5 Å². The monoisotopic (exact) mass is 417 g/mol. The van der Waals surface area contributed by atoms with Gasteiger partial charge in [-0.05, 0) is 42.0 Å². The molecule has 0 N–H and O–H groups in total. The van der Waals surface area contributed by atoms with Crippen LogP contribution in [0.2, 0.25) is 0 Å². The molecule has 0 radical (unpaired) electrons. The largest absolute Gasteiger partial charge is 0.493 e. The fraction of sp³-hybridized carbons (Fsp3) is 0.120. The molecule has 0 saturated heterocycles. The number of ether oxygens (including phenoxy) is 3. The van der Waals surface area contributed by atoms with E-state index in [4.69, 9.17) is 14.2 Å². The van der Waals surface area contributed by atoms with Gasteiger partial charge in [-0.25, -0.2) is 4.39 Å². The van der Waals surface area contributed by atoms with E-state index in [1.807, 2.05) is 24.3 Å². The first kappa shape index (κ1) is 21.6. The minimum Gasteiger partial charge on any atom is -0.493 e. The first-order chi connectivity index (χ1) is 15.1. The van der Waals surface area contributed by atoms with E-state index in [2.05, 4.69) is 0 Å². The highest BCUT2D eigenvalue weighted by atomic mass is 19.1. The molecular weight excluding hydrogens is 397 g/mol. The van der Waals surface area contributed by atoms with Crippen LogP contribution in [-0.4, -0.2) is 19.7 Å². The number of nitriles is 1. The molecule has 0 fully saturated rings. The lowest BCUT2D eigenvalue weighted by Gasteiger charge is -2.11. The summed E-state index contributed by atoms with van der Waals surface area (Å²) in [5.41, 5.74) is 0.977. The van der Waals surface area contributed by atoms with E-state index >= 15 is 0 Å². The topological polar surface area (TPSA) is 68.5 Å². The van der Waals surface area contributed by atoms with Gasteiger partial charge in [-0.2, -0.15) is 5.26 Å². The third kappa shape index (κ3) is 5.94. The molecule has 6 heteroatoms. The number of para-hydroxylation sites is 1. The summed E-state index contributed by atoms with van der Waals surface area (Å²) in [5, 5.41) is 9.43. The lowest BCUT2D eigenvalue weighted by molar-refractivity contribution is -0.135. The number of hydrogen-bond donors (Lipinski definition) is 0. The Balaban J connectivity index is 1.69. The maximum atomic E-state index is 14.0. The summed E-state index contributed by atoms with van der Waals surface area (Å²) in [5.74, 6) is 0.282. The summed E-state index contributed by atoms with van der Waals surface area (Å²) in [6, 6.07) is 22.1. The molecule has 0 spiro atoms. The van der Waals surface area contributed by atoms with Crippen molar-refractivity contribution < 1.29 is 23.4 Å². The molecule has 0 saturated carbocycles. The Morgan fingerprint density at radius 2 is 1.77 bits per heavy atom. The van der Waals surface area contributed by atoms with Crippen molar-refractivity contribution >= 4 is 17.6 Å². The number of rotatable bonds is 8. The van der Waals surface area contributed by atoms with Crippen LogP contribution in [0.3, 0.4) is 0 Å². The Morgan fingerprint density at radius 3 is 2.48 bits per heavy atom. The Kier molecular flexibility index (Phi) is 7.39. The molecule has 0 aliphatic carbocycles. The van der Waals surface area contributed by atoms with Gasteiger partial charge >= 0.3 is 5.97 Å². The zero-order valence-electron chi connectivity index (χ0n) is 16.9. The SMILES string of the molecule is COc1cc(/C=C(/C#N)c2ccccc2F)ccc1OC(=O)CCOc1ccccc1. The summed E-state index contributed by atoms with van der Waals surface area (Å²) in [6.45, 7) is 0.181. The standard InChI is InChI=1S/C25H20FNO4/c1-29-24-16-18(15-19(17-27)21-9-5-6-10-22(21)26)11-12-23(24)31-25(28)13-14-30-20-7-3-2-4-8-20/h2-12,15-16H,13-14H2,1H3/b19-15-. The van der Waals surface area contributed by atoms with Crippen molar-refractivity contribution in [3.05, 3.63) is 89.7 Å². The molecule has 3 aromatic rings. The Hall–Kier alpha value is -4.11. The molecule has 0 bridgehead atoms. The van der Waals surface area contributed by atoms with Crippen LogP contribution in [0.1, 0.15) is 17.5 Å². The highest BCUT2D eigenvalue weighted by molar-refractivity contribution is 5.90. The maximum Gasteiger partial charge on any atom is 0.314 e. The smallest absolute Gasteiger partial charge is 0.314 e. The third-order valence-corrected chi connectivity index (χ3v) is 4.33. The molecule has 0 heterocycles. The second-order valence-electron chi connectivity index (χ2n) is 6.45. The van der Waals surface area contributed by atoms with E-state index in [9.17, 15) is 14.4 Å². The minimum atomic E-state index is -0.481. The van der Waals surface area contributed by atoms with Crippen LogP contribution in [0.25, 0.3) is 11.6 Å². The van der Waals surface area contributed by atoms with Gasteiger partial charge in [0.05, 0.1) is 31.8 Å². The van der Waals surface area contributed by atoms with E-state index in [0.717, 1.165) is 0 Å². The fourth-order valence-corrected chi connectivity index (χ4v) is 2.82. The number of carbonyl (C=O) groups is 1. The zero-order chi connectivity index (χ0) is 22.1. The Labute approximate surface area is 179 Å². The highest BCUT2D eigenvalue weighted by Crippen LogP contribution is 2.30. The van der Waals surface area contributed by atoms with Crippen molar-refractivity contribution in [3.63, 3.8) is 0 Å². The number of benzene rings is 3. The quantitative estimate of drug-likeness (QED) is 0.216. The molecule has 156 valence electrons. The van der Waals surface area contributed by atoms with E-state index in [1.165, 1.54) is 19.2 Å². The molecule has 31 heavy (non-hydrogen) atoms. The number of nitrogens with zero attached hydrogens (tertiary/aromatic N) is 1. The average molecular weight is 417 g/mol. The van der Waals surface area contributed by atoms with Crippen LogP contribution >= 0.6 is 0 Å². The van der Waals surface area contributed by atoms with Crippen LogP contribution in [0.4, 0.5) is 4.39 Å². The average Bonchev–Trinajstić information content (AvgIpc) is 2.79. The molecule has 0 unspecified atom stereocenters. The lowest BCUT2D eigenvalue weighted by atomic mass is 10.0. The van der Waals surface area contributed by atoms with Gasteiger partial charge in [0, 0.05) is 5.56 Å². The van der Waals surface area contributed by atoms with Crippen molar-refractivity contribution in [2.24, 2.45) is 0 Å². The number of allylic oxidation sites excluding steroid dienone is 1. The summed E-state index contributed by atoms with van der Waals surface area (Å²) in [7, 11) is 1.45. The maximum absolute atomic E-state index is 14.0. The lowest BCUT2D eigenvalue weighted by Crippen LogP contribution is -2.13. The van der Waals surface area contributed by atoms with Crippen molar-refractivity contribution in [1.29, 1.82) is 5.26 Å². The molecule has 5 nitrogen and oxygen atoms in total. The first-order valence-corrected chi connectivity index (χ1v) is 9.54. The van der Waals surface area contributed by atoms with Gasteiger partial charge < -0.3 is 14.2 Å². The third-order valence-electron chi connectivity index (χ3n) is 4.33. The predicted molar refractivity (Wildman–Crippen MR) is 115 cm³/mol. The summed E-state index contributed by atoms with van der Waals surface area (Å²) < 4.78 is 30.2. The van der Waals surface area contributed by atoms with E-state index in [1.54, 1.807) is 48.5 Å². The van der Waals surface area contributed by atoms with Crippen LogP contribution in [0.15, 0.2) is 72.8 Å². The first-order valence-electron chi connectivity index (χ1n) is 9.54. The van der Waals surface area contributed by atoms with E-state index in [0.29, 0.717) is 17.1 Å². The molecule has 0 atom stereocenters.